The Morgan fingerprint density at radius 2 is 2.11 bits per heavy atom. The zero-order chi connectivity index (χ0) is 25.5. The minimum atomic E-state index is -1.18. The van der Waals surface area contributed by atoms with E-state index in [4.69, 9.17) is 21.6 Å². The number of thiophene rings is 1. The molecule has 4 heterocycles. The summed E-state index contributed by atoms with van der Waals surface area (Å²) >= 11 is 7.49. The molecule has 192 valence electrons. The molecule has 0 aromatic carbocycles. The van der Waals surface area contributed by atoms with Gasteiger partial charge in [-0.3, -0.25) is 4.79 Å². The van der Waals surface area contributed by atoms with E-state index in [2.05, 4.69) is 25.9 Å². The fourth-order valence-corrected chi connectivity index (χ4v) is 6.78. The van der Waals surface area contributed by atoms with E-state index in [-0.39, 0.29) is 11.8 Å². The van der Waals surface area contributed by atoms with Crippen LogP contribution in [0.3, 0.4) is 0 Å². The molecule has 37 heavy (non-hydrogen) atoms. The average Bonchev–Trinajstić information content (AvgIpc) is 3.28. The molecule has 14 heteroatoms. The molecule has 3 aliphatic carbocycles. The number of nitrogens with one attached hydrogen (secondary N) is 2. The van der Waals surface area contributed by atoms with E-state index in [1.165, 1.54) is 16.0 Å². The minimum Gasteiger partial charge on any atom is -0.389 e. The van der Waals surface area contributed by atoms with Gasteiger partial charge in [0.15, 0.2) is 17.0 Å². The highest BCUT2D eigenvalue weighted by atomic mass is 35.5. The number of rotatable bonds is 6. The molecule has 0 spiro atoms. The number of carbonyl (C=O) groups excluding carboxylic acids is 1. The maximum atomic E-state index is 12.6. The lowest BCUT2D eigenvalue weighted by Crippen LogP contribution is -2.41. The topological polar surface area (TPSA) is 156 Å². The first kappa shape index (κ1) is 23.0. The first-order valence-electron chi connectivity index (χ1n) is 12.2. The lowest BCUT2D eigenvalue weighted by atomic mass is 9.93. The van der Waals surface area contributed by atoms with E-state index in [0.717, 1.165) is 24.1 Å². The average molecular weight is 542 g/mol. The zero-order valence-corrected chi connectivity index (χ0v) is 21.3. The van der Waals surface area contributed by atoms with Crippen molar-refractivity contribution in [2.45, 2.75) is 50.0 Å². The van der Waals surface area contributed by atoms with Crippen molar-refractivity contribution in [3.8, 4) is 16.5 Å². The molecule has 3 fully saturated rings. The lowest BCUT2D eigenvalue weighted by molar-refractivity contribution is -0.132. The van der Waals surface area contributed by atoms with Gasteiger partial charge in [-0.25, -0.2) is 4.98 Å². The predicted molar refractivity (Wildman–Crippen MR) is 135 cm³/mol. The first-order valence-corrected chi connectivity index (χ1v) is 13.4. The zero-order valence-electron chi connectivity index (χ0n) is 19.7. The van der Waals surface area contributed by atoms with Crippen LogP contribution in [0.5, 0.6) is 0 Å². The van der Waals surface area contributed by atoms with Gasteiger partial charge in [0, 0.05) is 19.0 Å². The molecule has 1 amide bonds. The summed E-state index contributed by atoms with van der Waals surface area (Å²) in [6.07, 6.45) is 4.74. The largest absolute Gasteiger partial charge is 0.389 e. The van der Waals surface area contributed by atoms with Gasteiger partial charge in [-0.2, -0.15) is 14.6 Å². The van der Waals surface area contributed by atoms with Crippen molar-refractivity contribution in [3.63, 3.8) is 0 Å². The molecule has 4 aromatic rings. The fourth-order valence-electron chi connectivity index (χ4n) is 5.79. The molecule has 3 saturated carbocycles. The molecule has 4 aromatic heterocycles. The quantitative estimate of drug-likeness (QED) is 0.286. The summed E-state index contributed by atoms with van der Waals surface area (Å²) in [7, 11) is 1.54. The Hall–Kier alpha value is -3.13. The van der Waals surface area contributed by atoms with Gasteiger partial charge in [-0.05, 0) is 37.8 Å². The van der Waals surface area contributed by atoms with Crippen LogP contribution in [0.15, 0.2) is 24.7 Å². The third kappa shape index (κ3) is 3.34. The normalized spacial score (nSPS) is 28.8. The van der Waals surface area contributed by atoms with Crippen molar-refractivity contribution >= 4 is 45.8 Å². The van der Waals surface area contributed by atoms with Gasteiger partial charge < -0.3 is 25.4 Å². The van der Waals surface area contributed by atoms with Crippen LogP contribution < -0.4 is 10.6 Å². The second-order valence-electron chi connectivity index (χ2n) is 9.98. The number of carbonyl (C=O) groups is 1. The Morgan fingerprint density at radius 3 is 2.81 bits per heavy atom. The monoisotopic (exact) mass is 541 g/mol. The molecular formula is C23H24ClN9O3S. The highest BCUT2D eigenvalue weighted by Gasteiger charge is 2.75. The SMILES string of the molecule is CNC(=O)[C@]12CC1[C@@H](n1cnc3c(NC4CCC4)nc(-n4cc(-c5ccc(Cl)s5)nn4)nc31)[C@H](O)C2O. The Labute approximate surface area is 219 Å². The van der Waals surface area contributed by atoms with Gasteiger partial charge in [0.2, 0.25) is 5.91 Å². The number of hydrogen-bond donors (Lipinski definition) is 4. The smallest absolute Gasteiger partial charge is 0.256 e. The maximum Gasteiger partial charge on any atom is 0.256 e. The molecule has 0 bridgehead atoms. The lowest BCUT2D eigenvalue weighted by Gasteiger charge is -2.27. The highest BCUT2D eigenvalue weighted by Crippen LogP contribution is 2.67. The Kier molecular flexibility index (Phi) is 5.09. The summed E-state index contributed by atoms with van der Waals surface area (Å²) in [4.78, 5) is 27.6. The Morgan fingerprint density at radius 1 is 1.27 bits per heavy atom. The van der Waals surface area contributed by atoms with Gasteiger partial charge in [0.1, 0.15) is 11.8 Å². The molecule has 0 radical (unpaired) electrons. The van der Waals surface area contributed by atoms with E-state index in [0.29, 0.717) is 45.4 Å². The van der Waals surface area contributed by atoms with E-state index in [9.17, 15) is 15.0 Å². The van der Waals surface area contributed by atoms with Crippen LogP contribution in [0, 0.1) is 11.3 Å². The van der Waals surface area contributed by atoms with E-state index in [1.807, 2.05) is 6.07 Å². The summed E-state index contributed by atoms with van der Waals surface area (Å²) in [5, 5.41) is 36.5. The number of anilines is 1. The molecular weight excluding hydrogens is 518 g/mol. The number of imidazole rings is 1. The van der Waals surface area contributed by atoms with Crippen molar-refractivity contribution in [1.82, 2.24) is 39.8 Å². The minimum absolute atomic E-state index is 0.238. The Bertz CT molecular complexity index is 1530. The number of nitrogens with zero attached hydrogens (tertiary/aromatic N) is 7. The summed E-state index contributed by atoms with van der Waals surface area (Å²) in [5.41, 5.74) is 0.686. The molecule has 0 saturated heterocycles. The van der Waals surface area contributed by atoms with Crippen molar-refractivity contribution in [3.05, 3.63) is 29.0 Å². The van der Waals surface area contributed by atoms with Crippen molar-refractivity contribution in [2.24, 2.45) is 11.3 Å². The van der Waals surface area contributed by atoms with Crippen molar-refractivity contribution < 1.29 is 15.0 Å². The third-order valence-corrected chi connectivity index (χ3v) is 9.28. The molecule has 3 aliphatic rings. The number of fused-ring (bicyclic) bond motifs is 2. The van der Waals surface area contributed by atoms with Gasteiger partial charge in [-0.1, -0.05) is 16.8 Å². The molecule has 5 atom stereocenters. The number of aromatic nitrogens is 7. The van der Waals surface area contributed by atoms with Gasteiger partial charge in [0.25, 0.3) is 5.95 Å². The van der Waals surface area contributed by atoms with Crippen LogP contribution in [0.2, 0.25) is 4.34 Å². The highest BCUT2D eigenvalue weighted by molar-refractivity contribution is 7.19. The summed E-state index contributed by atoms with van der Waals surface area (Å²) < 4.78 is 3.92. The first-order chi connectivity index (χ1) is 17.9. The molecule has 7 rings (SSSR count). The Balaban J connectivity index is 1.32. The van der Waals surface area contributed by atoms with E-state index >= 15 is 0 Å². The number of hydrogen-bond acceptors (Lipinski definition) is 10. The van der Waals surface area contributed by atoms with Crippen LogP contribution >= 0.6 is 22.9 Å². The van der Waals surface area contributed by atoms with Crippen LogP contribution in [-0.2, 0) is 4.79 Å². The summed E-state index contributed by atoms with van der Waals surface area (Å²) in [6.45, 7) is 0. The van der Waals surface area contributed by atoms with Gasteiger partial charge in [-0.15, -0.1) is 16.4 Å². The van der Waals surface area contributed by atoms with Crippen molar-refractivity contribution in [1.29, 1.82) is 0 Å². The third-order valence-electron chi connectivity index (χ3n) is 8.02. The maximum absolute atomic E-state index is 12.6. The van der Waals surface area contributed by atoms with E-state index < -0.39 is 23.7 Å². The number of halogens is 1. The molecule has 12 nitrogen and oxygen atoms in total. The van der Waals surface area contributed by atoms with Gasteiger partial charge in [0.05, 0.1) is 39.3 Å². The summed E-state index contributed by atoms with van der Waals surface area (Å²) in [6, 6.07) is 3.42. The van der Waals surface area contributed by atoms with Crippen LogP contribution in [-0.4, -0.2) is 75.9 Å². The number of aliphatic hydroxyl groups is 2. The molecule has 0 aliphatic heterocycles. The van der Waals surface area contributed by atoms with Crippen LogP contribution in [0.1, 0.15) is 31.7 Å². The summed E-state index contributed by atoms with van der Waals surface area (Å²) in [5.74, 6) is 0.361. The second-order valence-corrected chi connectivity index (χ2v) is 11.7. The standard InChI is InChI=1S/C23H24ClN9O3S/c1-25-21(36)23-7-11(23)16(17(34)18(23)35)32-9-26-15-19(27-10-3-2-4-10)28-22(29-20(15)32)33-8-12(30-31-33)13-5-6-14(24)37-13/h5-6,8-11,16-18,34-35H,2-4,7H2,1H3,(H,25,36)(H,27,28,29)/t11?,16-,17+,18?,23-/m1/s1. The van der Waals surface area contributed by atoms with Gasteiger partial charge >= 0.3 is 0 Å². The fraction of sp³-hybridized carbons (Fsp3) is 0.478. The molecule has 2 unspecified atom stereocenters. The number of amides is 1. The number of aliphatic hydroxyl groups excluding tert-OH is 2. The van der Waals surface area contributed by atoms with Crippen molar-refractivity contribution in [2.75, 3.05) is 12.4 Å². The molecule has 4 N–H and O–H groups in total. The predicted octanol–water partition coefficient (Wildman–Crippen LogP) is 1.78. The van der Waals surface area contributed by atoms with Crippen LogP contribution in [0.4, 0.5) is 5.82 Å². The second kappa shape index (κ2) is 8.18. The van der Waals surface area contributed by atoms with Crippen LogP contribution in [0.25, 0.3) is 27.7 Å². The van der Waals surface area contributed by atoms with E-state index in [1.54, 1.807) is 30.2 Å².